The van der Waals surface area contributed by atoms with Crippen LogP contribution in [0.25, 0.3) is 11.0 Å². The third-order valence-electron chi connectivity index (χ3n) is 1.47. The molecule has 2 nitrogen and oxygen atoms in total. The largest absolute Gasteiger partial charge is 0.355 e. The first-order valence-corrected chi connectivity index (χ1v) is 4.22. The molecule has 12 heavy (non-hydrogen) atoms. The van der Waals surface area contributed by atoms with Gasteiger partial charge in [-0.1, -0.05) is 40.0 Å². The maximum atomic E-state index is 5.76. The number of aromatic nitrogens is 1. The van der Waals surface area contributed by atoms with Crippen molar-refractivity contribution in [3.05, 3.63) is 27.3 Å². The summed E-state index contributed by atoms with van der Waals surface area (Å²) in [6.45, 7) is 0. The van der Waals surface area contributed by atoms with Crippen LogP contribution in [-0.2, 0) is 0 Å². The number of halogens is 3. The van der Waals surface area contributed by atoms with Gasteiger partial charge in [-0.3, -0.25) is 0 Å². The molecule has 0 spiro atoms. The number of fused-ring (bicyclic) bond motifs is 1. The Morgan fingerprint density at radius 1 is 1.08 bits per heavy atom. The molecule has 0 aliphatic rings. The van der Waals surface area contributed by atoms with Gasteiger partial charge in [-0.2, -0.15) is 0 Å². The number of hydrogen-bond acceptors (Lipinski definition) is 2. The second-order valence-electron chi connectivity index (χ2n) is 2.24. The normalized spacial score (nSPS) is 10.9. The van der Waals surface area contributed by atoms with Crippen LogP contribution in [0.5, 0.6) is 0 Å². The van der Waals surface area contributed by atoms with E-state index < -0.39 is 0 Å². The summed E-state index contributed by atoms with van der Waals surface area (Å²) in [6.07, 6.45) is 0. The predicted octanol–water partition coefficient (Wildman–Crippen LogP) is 3.79. The standard InChI is InChI=1S/C7H2Cl3NO/c8-4-1-3-6(2-5(4)9)12-11-7(3)10/h1-2H. The quantitative estimate of drug-likeness (QED) is 0.678. The summed E-state index contributed by atoms with van der Waals surface area (Å²) in [7, 11) is 0. The smallest absolute Gasteiger partial charge is 0.180 e. The summed E-state index contributed by atoms with van der Waals surface area (Å²) in [5, 5.41) is 5.39. The Bertz CT molecular complexity index is 437. The minimum absolute atomic E-state index is 0.295. The lowest BCUT2D eigenvalue weighted by atomic mass is 10.3. The van der Waals surface area contributed by atoms with Gasteiger partial charge in [-0.15, -0.1) is 0 Å². The van der Waals surface area contributed by atoms with E-state index >= 15 is 0 Å². The number of hydrogen-bond donors (Lipinski definition) is 0. The van der Waals surface area contributed by atoms with Gasteiger partial charge >= 0.3 is 0 Å². The van der Waals surface area contributed by atoms with Crippen LogP contribution in [0, 0.1) is 0 Å². The van der Waals surface area contributed by atoms with Gasteiger partial charge < -0.3 is 4.52 Å². The van der Waals surface area contributed by atoms with Crippen molar-refractivity contribution in [2.75, 3.05) is 0 Å². The van der Waals surface area contributed by atoms with Crippen molar-refractivity contribution in [2.45, 2.75) is 0 Å². The Morgan fingerprint density at radius 3 is 2.50 bits per heavy atom. The maximum Gasteiger partial charge on any atom is 0.180 e. The minimum Gasteiger partial charge on any atom is -0.355 e. The van der Waals surface area contributed by atoms with E-state index in [1.807, 2.05) is 0 Å². The van der Waals surface area contributed by atoms with E-state index in [0.29, 0.717) is 26.2 Å². The van der Waals surface area contributed by atoms with Gasteiger partial charge in [0.25, 0.3) is 0 Å². The van der Waals surface area contributed by atoms with Crippen molar-refractivity contribution < 1.29 is 4.52 Å². The van der Waals surface area contributed by atoms with Gasteiger partial charge in [0.2, 0.25) is 0 Å². The summed E-state index contributed by atoms with van der Waals surface area (Å²) in [5.74, 6) is 0. The molecule has 1 aromatic heterocycles. The number of benzene rings is 1. The molecule has 0 saturated carbocycles. The molecule has 0 amide bonds. The van der Waals surface area contributed by atoms with Crippen molar-refractivity contribution in [3.63, 3.8) is 0 Å². The van der Waals surface area contributed by atoms with Crippen molar-refractivity contribution in [1.29, 1.82) is 0 Å². The SMILES string of the molecule is Clc1cc2onc(Cl)c2cc1Cl. The molecule has 0 radical (unpaired) electrons. The summed E-state index contributed by atoms with van der Waals surface area (Å²) >= 11 is 17.2. The van der Waals surface area contributed by atoms with Gasteiger partial charge in [0, 0.05) is 6.07 Å². The van der Waals surface area contributed by atoms with E-state index in [0.717, 1.165) is 0 Å². The van der Waals surface area contributed by atoms with E-state index in [2.05, 4.69) is 5.16 Å². The fourth-order valence-corrected chi connectivity index (χ4v) is 1.40. The molecule has 2 aromatic rings. The fraction of sp³-hybridized carbons (Fsp3) is 0. The topological polar surface area (TPSA) is 26.0 Å². The van der Waals surface area contributed by atoms with Crippen molar-refractivity contribution in [3.8, 4) is 0 Å². The van der Waals surface area contributed by atoms with Crippen LogP contribution < -0.4 is 0 Å². The van der Waals surface area contributed by atoms with Crippen LogP contribution in [0.1, 0.15) is 0 Å². The van der Waals surface area contributed by atoms with Crippen LogP contribution in [0.3, 0.4) is 0 Å². The molecule has 1 aromatic carbocycles. The molecule has 0 fully saturated rings. The zero-order valence-electron chi connectivity index (χ0n) is 5.64. The lowest BCUT2D eigenvalue weighted by Gasteiger charge is -1.92. The first-order chi connectivity index (χ1) is 5.68. The molecule has 0 aliphatic heterocycles. The monoisotopic (exact) mass is 221 g/mol. The van der Waals surface area contributed by atoms with Crippen LogP contribution in [-0.4, -0.2) is 5.16 Å². The van der Waals surface area contributed by atoms with Gasteiger partial charge in [0.1, 0.15) is 0 Å². The zero-order valence-corrected chi connectivity index (χ0v) is 7.91. The zero-order chi connectivity index (χ0) is 8.72. The molecule has 62 valence electrons. The molecular formula is C7H2Cl3NO. The van der Waals surface area contributed by atoms with Gasteiger partial charge in [0.05, 0.1) is 15.4 Å². The van der Waals surface area contributed by atoms with Gasteiger partial charge in [0.15, 0.2) is 10.7 Å². The number of nitrogens with zero attached hydrogens (tertiary/aromatic N) is 1. The van der Waals surface area contributed by atoms with Gasteiger partial charge in [-0.25, -0.2) is 0 Å². The molecular weight excluding hydrogens is 220 g/mol. The molecule has 0 unspecified atom stereocenters. The van der Waals surface area contributed by atoms with Crippen molar-refractivity contribution >= 4 is 45.8 Å². The summed E-state index contributed by atoms with van der Waals surface area (Å²) in [5.41, 5.74) is 0.536. The summed E-state index contributed by atoms with van der Waals surface area (Å²) < 4.78 is 4.86. The Hall–Kier alpha value is -0.440. The van der Waals surface area contributed by atoms with E-state index in [-0.39, 0.29) is 0 Å². The average Bonchev–Trinajstić information content (AvgIpc) is 2.35. The minimum atomic E-state index is 0.295. The second kappa shape index (κ2) is 2.80. The molecule has 0 saturated heterocycles. The highest BCUT2D eigenvalue weighted by Gasteiger charge is 2.08. The van der Waals surface area contributed by atoms with Crippen LogP contribution in [0.15, 0.2) is 16.7 Å². The van der Waals surface area contributed by atoms with Crippen molar-refractivity contribution in [1.82, 2.24) is 5.16 Å². The third-order valence-corrected chi connectivity index (χ3v) is 2.46. The van der Waals surface area contributed by atoms with E-state index in [1.165, 1.54) is 0 Å². The second-order valence-corrected chi connectivity index (χ2v) is 3.41. The Balaban J connectivity index is 2.87. The van der Waals surface area contributed by atoms with Crippen LogP contribution >= 0.6 is 34.8 Å². The molecule has 5 heteroatoms. The molecule has 0 N–H and O–H groups in total. The predicted molar refractivity (Wildman–Crippen MR) is 49.0 cm³/mol. The average molecular weight is 222 g/mol. The van der Waals surface area contributed by atoms with Crippen molar-refractivity contribution in [2.24, 2.45) is 0 Å². The molecule has 1 heterocycles. The third kappa shape index (κ3) is 1.16. The Morgan fingerprint density at radius 2 is 1.75 bits per heavy atom. The summed E-state index contributed by atoms with van der Waals surface area (Å²) in [4.78, 5) is 0. The Kier molecular flexibility index (Phi) is 1.91. The molecule has 0 bridgehead atoms. The molecule has 0 atom stereocenters. The van der Waals surface area contributed by atoms with Crippen LogP contribution in [0.4, 0.5) is 0 Å². The van der Waals surface area contributed by atoms with Crippen LogP contribution in [0.2, 0.25) is 15.2 Å². The van der Waals surface area contributed by atoms with Gasteiger partial charge in [-0.05, 0) is 6.07 Å². The fourth-order valence-electron chi connectivity index (χ4n) is 0.904. The molecule has 2 rings (SSSR count). The van der Waals surface area contributed by atoms with E-state index in [4.69, 9.17) is 39.3 Å². The lowest BCUT2D eigenvalue weighted by Crippen LogP contribution is -1.69. The lowest BCUT2D eigenvalue weighted by molar-refractivity contribution is 0.457. The molecule has 0 aliphatic carbocycles. The Labute approximate surface area is 83.0 Å². The highest BCUT2D eigenvalue weighted by molar-refractivity contribution is 6.43. The maximum absolute atomic E-state index is 5.76. The number of rotatable bonds is 0. The first-order valence-electron chi connectivity index (χ1n) is 3.08. The highest BCUT2D eigenvalue weighted by Crippen LogP contribution is 2.31. The first kappa shape index (κ1) is 8.17. The van der Waals surface area contributed by atoms with E-state index in [1.54, 1.807) is 12.1 Å². The summed E-state index contributed by atoms with van der Waals surface area (Å²) in [6, 6.07) is 3.20. The van der Waals surface area contributed by atoms with E-state index in [9.17, 15) is 0 Å². The highest BCUT2D eigenvalue weighted by atomic mass is 35.5.